The van der Waals surface area contributed by atoms with E-state index in [-0.39, 0.29) is 30.0 Å². The lowest BCUT2D eigenvalue weighted by molar-refractivity contribution is -0.133. The number of carbonyl (C=O) groups excluding carboxylic acids is 4. The maximum Gasteiger partial charge on any atom is 0.255 e. The number of halogens is 1. The fourth-order valence-corrected chi connectivity index (χ4v) is 4.28. The summed E-state index contributed by atoms with van der Waals surface area (Å²) in [6.07, 6.45) is -1.28. The molecule has 0 saturated carbocycles. The van der Waals surface area contributed by atoms with Crippen molar-refractivity contribution in [3.63, 3.8) is 0 Å². The van der Waals surface area contributed by atoms with Crippen molar-refractivity contribution >= 4 is 23.6 Å². The second-order valence-electron chi connectivity index (χ2n) is 9.96. The summed E-state index contributed by atoms with van der Waals surface area (Å²) in [6, 6.07) is 12.7. The average Bonchev–Trinajstić information content (AvgIpc) is 2.95. The molecule has 3 aromatic carbocycles. The van der Waals surface area contributed by atoms with Crippen molar-refractivity contribution in [1.29, 1.82) is 0 Å². The van der Waals surface area contributed by atoms with Gasteiger partial charge in [-0.25, -0.2) is 4.39 Å². The number of aliphatic hydroxyl groups excluding tert-OH is 1. The number of benzene rings is 3. The molecule has 42 heavy (non-hydrogen) atoms. The summed E-state index contributed by atoms with van der Waals surface area (Å²) < 4.78 is 19.4. The molecule has 3 aromatic rings. The zero-order valence-electron chi connectivity index (χ0n) is 22.9. The van der Waals surface area contributed by atoms with Crippen LogP contribution in [0, 0.1) is 5.82 Å². The molecule has 0 unspecified atom stereocenters. The van der Waals surface area contributed by atoms with E-state index in [1.165, 1.54) is 50.2 Å². The number of fused-ring (bicyclic) bond motifs is 11. The first-order valence-corrected chi connectivity index (χ1v) is 13.2. The van der Waals surface area contributed by atoms with Gasteiger partial charge in [0.2, 0.25) is 17.7 Å². The molecule has 0 fully saturated rings. The average molecular weight is 579 g/mol. The SMILES string of the molecule is C[C@@H]1NC(=O)[C@H]([C@@H](C)O)NC(=O)c2cc(ccc2O)Oc2ccc(cc2)C[C@@H](C(=O)NCc2cccc(F)c2)NC1=O. The fourth-order valence-electron chi connectivity index (χ4n) is 4.28. The lowest BCUT2D eigenvalue weighted by Gasteiger charge is -2.25. The molecule has 6 N–H and O–H groups in total. The molecular weight excluding hydrogens is 547 g/mol. The van der Waals surface area contributed by atoms with Crippen LogP contribution in [0.3, 0.4) is 0 Å². The van der Waals surface area contributed by atoms with Crippen molar-refractivity contribution in [2.75, 3.05) is 0 Å². The van der Waals surface area contributed by atoms with Crippen molar-refractivity contribution in [2.45, 2.75) is 51.0 Å². The predicted octanol–water partition coefficient (Wildman–Crippen LogP) is 1.66. The van der Waals surface area contributed by atoms with Gasteiger partial charge in [0.05, 0.1) is 11.7 Å². The number of rotatable bonds is 4. The zero-order chi connectivity index (χ0) is 30.4. The Hall–Kier alpha value is -4.97. The van der Waals surface area contributed by atoms with Gasteiger partial charge in [-0.15, -0.1) is 0 Å². The first-order valence-electron chi connectivity index (χ1n) is 13.2. The van der Waals surface area contributed by atoms with Crippen molar-refractivity contribution in [1.82, 2.24) is 21.3 Å². The molecule has 0 aliphatic carbocycles. The van der Waals surface area contributed by atoms with Gasteiger partial charge in [0.15, 0.2) is 0 Å². The molecule has 0 spiro atoms. The number of phenolic OH excluding ortho intramolecular Hbond substituents is 1. The van der Waals surface area contributed by atoms with Crippen LogP contribution in [0.15, 0.2) is 66.7 Å². The molecular formula is C30H31FN4O7. The Balaban J connectivity index is 1.63. The van der Waals surface area contributed by atoms with Crippen LogP contribution in [0.25, 0.3) is 0 Å². The maximum atomic E-state index is 13.6. The van der Waals surface area contributed by atoms with Crippen LogP contribution >= 0.6 is 0 Å². The number of ether oxygens (including phenoxy) is 1. The van der Waals surface area contributed by atoms with Gasteiger partial charge in [-0.05, 0) is 67.4 Å². The normalized spacial score (nSPS) is 20.2. The lowest BCUT2D eigenvalue weighted by Crippen LogP contribution is -2.58. The highest BCUT2D eigenvalue weighted by atomic mass is 19.1. The highest BCUT2D eigenvalue weighted by molar-refractivity contribution is 6.00. The number of hydrogen-bond acceptors (Lipinski definition) is 7. The molecule has 0 radical (unpaired) electrons. The van der Waals surface area contributed by atoms with Gasteiger partial charge < -0.3 is 36.2 Å². The lowest BCUT2D eigenvalue weighted by atomic mass is 10.0. The Morgan fingerprint density at radius 3 is 2.40 bits per heavy atom. The van der Waals surface area contributed by atoms with Crippen molar-refractivity contribution in [3.05, 3.63) is 89.2 Å². The number of phenols is 1. The van der Waals surface area contributed by atoms with Gasteiger partial charge in [-0.1, -0.05) is 24.3 Å². The van der Waals surface area contributed by atoms with Gasteiger partial charge >= 0.3 is 0 Å². The summed E-state index contributed by atoms with van der Waals surface area (Å²) in [6.45, 7) is 2.69. The van der Waals surface area contributed by atoms with Crippen LogP contribution in [0.4, 0.5) is 4.39 Å². The molecule has 5 rings (SSSR count). The maximum absolute atomic E-state index is 13.6. The number of carbonyl (C=O) groups is 4. The summed E-state index contributed by atoms with van der Waals surface area (Å²) >= 11 is 0. The quantitative estimate of drug-likeness (QED) is 0.256. The number of hydrogen-bond donors (Lipinski definition) is 6. The van der Waals surface area contributed by atoms with E-state index in [0.717, 1.165) is 0 Å². The largest absolute Gasteiger partial charge is 0.507 e. The van der Waals surface area contributed by atoms with E-state index in [9.17, 15) is 33.8 Å². The fraction of sp³-hybridized carbons (Fsp3) is 0.267. The topological polar surface area (TPSA) is 166 Å². The third-order valence-electron chi connectivity index (χ3n) is 6.60. The van der Waals surface area contributed by atoms with Gasteiger partial charge in [0, 0.05) is 13.0 Å². The molecule has 11 nitrogen and oxygen atoms in total. The Kier molecular flexibility index (Phi) is 9.38. The highest BCUT2D eigenvalue weighted by Crippen LogP contribution is 2.28. The number of aromatic hydroxyl groups is 1. The van der Waals surface area contributed by atoms with E-state index in [1.54, 1.807) is 30.3 Å². The molecule has 4 bridgehead atoms. The molecule has 0 aromatic heterocycles. The molecule has 2 heterocycles. The zero-order valence-corrected chi connectivity index (χ0v) is 22.9. The third kappa shape index (κ3) is 7.61. The smallest absolute Gasteiger partial charge is 0.255 e. The minimum atomic E-state index is -1.48. The monoisotopic (exact) mass is 578 g/mol. The number of nitrogens with one attached hydrogen (secondary N) is 4. The van der Waals surface area contributed by atoms with E-state index in [4.69, 9.17) is 4.74 Å². The summed E-state index contributed by atoms with van der Waals surface area (Å²) in [5.41, 5.74) is 1.01. The molecule has 4 atom stereocenters. The molecule has 2 aliphatic heterocycles. The van der Waals surface area contributed by atoms with Crippen LogP contribution in [-0.2, 0) is 27.3 Å². The Morgan fingerprint density at radius 1 is 1.00 bits per heavy atom. The van der Waals surface area contributed by atoms with Gasteiger partial charge in [0.25, 0.3) is 5.91 Å². The molecule has 12 heteroatoms. The minimum Gasteiger partial charge on any atom is -0.507 e. The van der Waals surface area contributed by atoms with E-state index in [1.807, 2.05) is 0 Å². The van der Waals surface area contributed by atoms with Crippen LogP contribution in [0.5, 0.6) is 17.2 Å². The first kappa shape index (κ1) is 30.0. The van der Waals surface area contributed by atoms with Crippen LogP contribution < -0.4 is 26.0 Å². The Labute approximate surface area is 241 Å². The third-order valence-corrected chi connectivity index (χ3v) is 6.60. The van der Waals surface area contributed by atoms with Crippen molar-refractivity contribution in [3.8, 4) is 17.2 Å². The summed E-state index contributed by atoms with van der Waals surface area (Å²) in [5.74, 6) is -3.16. The highest BCUT2D eigenvalue weighted by Gasteiger charge is 2.31. The minimum absolute atomic E-state index is 0.0203. The standard InChI is InChI=1S/C30H31FN4O7/c1-16-27(38)34-24(29(40)32-15-19-4-3-5-20(31)12-19)13-18-6-8-21(9-7-18)42-22-10-11-25(37)23(14-22)28(39)35-26(17(2)36)30(41)33-16/h3-12,14,16-17,24,26,36-37H,13,15H2,1-2H3,(H,32,40)(H,33,41)(H,34,38)(H,35,39)/t16-,17+,24-,26-/m0/s1. The van der Waals surface area contributed by atoms with Crippen molar-refractivity contribution < 1.29 is 38.5 Å². The molecule has 2 aliphatic rings. The van der Waals surface area contributed by atoms with Gasteiger partial charge in [-0.2, -0.15) is 0 Å². The van der Waals surface area contributed by atoms with Crippen LogP contribution in [-0.4, -0.2) is 58.1 Å². The summed E-state index contributed by atoms with van der Waals surface area (Å²) in [4.78, 5) is 52.2. The molecule has 4 amide bonds. The Bertz CT molecular complexity index is 1480. The van der Waals surface area contributed by atoms with E-state index < -0.39 is 53.7 Å². The van der Waals surface area contributed by atoms with Gasteiger partial charge in [-0.3, -0.25) is 19.2 Å². The van der Waals surface area contributed by atoms with E-state index in [2.05, 4.69) is 21.3 Å². The van der Waals surface area contributed by atoms with Gasteiger partial charge in [0.1, 0.15) is 41.2 Å². The van der Waals surface area contributed by atoms with E-state index >= 15 is 0 Å². The summed E-state index contributed by atoms with van der Waals surface area (Å²) in [7, 11) is 0. The van der Waals surface area contributed by atoms with E-state index in [0.29, 0.717) is 16.9 Å². The van der Waals surface area contributed by atoms with Crippen molar-refractivity contribution in [2.24, 2.45) is 0 Å². The molecule has 220 valence electrons. The number of amides is 4. The number of aliphatic hydroxyl groups is 1. The second kappa shape index (κ2) is 13.1. The predicted molar refractivity (Wildman–Crippen MR) is 149 cm³/mol. The Morgan fingerprint density at radius 2 is 1.71 bits per heavy atom. The molecule has 0 saturated heterocycles. The van der Waals surface area contributed by atoms with Crippen LogP contribution in [0.1, 0.15) is 35.3 Å². The first-order chi connectivity index (χ1) is 20.0. The van der Waals surface area contributed by atoms with Crippen LogP contribution in [0.2, 0.25) is 0 Å². The summed E-state index contributed by atoms with van der Waals surface area (Å²) in [5, 5.41) is 30.6. The second-order valence-corrected chi connectivity index (χ2v) is 9.96.